The summed E-state index contributed by atoms with van der Waals surface area (Å²) in [5.74, 6) is -0.471. The van der Waals surface area contributed by atoms with Crippen LogP contribution in [-0.4, -0.2) is 23.5 Å². The van der Waals surface area contributed by atoms with Crippen molar-refractivity contribution in [1.29, 1.82) is 0 Å². The lowest BCUT2D eigenvalue weighted by Crippen LogP contribution is -2.24. The standard InChI is InChI=1S/C12H15IN2O3/c13-9-5-4-8(7-10(9)16)12(18)15-6-2-1-3-11(14)17/h4-5,7,16H,1-3,6H2,(H2,14,17)(H,15,18). The predicted octanol–water partition coefficient (Wildman–Crippen LogP) is 1.38. The molecule has 0 atom stereocenters. The minimum Gasteiger partial charge on any atom is -0.507 e. The number of halogens is 1. The van der Waals surface area contributed by atoms with E-state index in [-0.39, 0.29) is 17.6 Å². The van der Waals surface area contributed by atoms with Gasteiger partial charge in [-0.25, -0.2) is 0 Å². The second kappa shape index (κ2) is 7.20. The summed E-state index contributed by atoms with van der Waals surface area (Å²) < 4.78 is 0.700. The molecule has 0 heterocycles. The van der Waals surface area contributed by atoms with Crippen LogP contribution < -0.4 is 11.1 Å². The first-order valence-corrected chi connectivity index (χ1v) is 6.63. The molecule has 0 radical (unpaired) electrons. The van der Waals surface area contributed by atoms with Gasteiger partial charge in [-0.15, -0.1) is 0 Å². The number of phenols is 1. The predicted molar refractivity (Wildman–Crippen MR) is 76.2 cm³/mol. The number of nitrogens with one attached hydrogen (secondary N) is 1. The summed E-state index contributed by atoms with van der Waals surface area (Å²) in [5, 5.41) is 12.2. The highest BCUT2D eigenvalue weighted by molar-refractivity contribution is 14.1. The smallest absolute Gasteiger partial charge is 0.251 e. The van der Waals surface area contributed by atoms with Gasteiger partial charge in [0.2, 0.25) is 5.91 Å². The van der Waals surface area contributed by atoms with E-state index in [4.69, 9.17) is 5.73 Å². The van der Waals surface area contributed by atoms with E-state index in [1.54, 1.807) is 12.1 Å². The molecule has 0 bridgehead atoms. The SMILES string of the molecule is NC(=O)CCCCNC(=O)c1ccc(I)c(O)c1. The highest BCUT2D eigenvalue weighted by Gasteiger charge is 2.07. The molecule has 0 saturated carbocycles. The molecule has 18 heavy (non-hydrogen) atoms. The van der Waals surface area contributed by atoms with Gasteiger partial charge >= 0.3 is 0 Å². The quantitative estimate of drug-likeness (QED) is 0.527. The average molecular weight is 362 g/mol. The van der Waals surface area contributed by atoms with E-state index in [1.165, 1.54) is 6.07 Å². The van der Waals surface area contributed by atoms with Crippen molar-refractivity contribution in [2.24, 2.45) is 5.73 Å². The van der Waals surface area contributed by atoms with E-state index in [9.17, 15) is 14.7 Å². The number of benzene rings is 1. The van der Waals surface area contributed by atoms with Crippen molar-refractivity contribution in [1.82, 2.24) is 5.32 Å². The Morgan fingerprint density at radius 1 is 1.33 bits per heavy atom. The van der Waals surface area contributed by atoms with E-state index >= 15 is 0 Å². The zero-order valence-electron chi connectivity index (χ0n) is 9.78. The highest BCUT2D eigenvalue weighted by atomic mass is 127. The molecular weight excluding hydrogens is 347 g/mol. The first kappa shape index (κ1) is 14.7. The van der Waals surface area contributed by atoms with Crippen molar-refractivity contribution in [3.05, 3.63) is 27.3 Å². The fraction of sp³-hybridized carbons (Fsp3) is 0.333. The number of aromatic hydroxyl groups is 1. The first-order valence-electron chi connectivity index (χ1n) is 5.55. The summed E-state index contributed by atoms with van der Waals surface area (Å²) in [4.78, 5) is 22.2. The van der Waals surface area contributed by atoms with Crippen LogP contribution in [0.3, 0.4) is 0 Å². The second-order valence-corrected chi connectivity index (χ2v) is 5.01. The van der Waals surface area contributed by atoms with Gasteiger partial charge in [0.15, 0.2) is 0 Å². The van der Waals surface area contributed by atoms with Crippen molar-refractivity contribution >= 4 is 34.4 Å². The lowest BCUT2D eigenvalue weighted by molar-refractivity contribution is -0.118. The van der Waals surface area contributed by atoms with Crippen molar-refractivity contribution in [3.63, 3.8) is 0 Å². The number of phenolic OH excluding ortho intramolecular Hbond substituents is 1. The van der Waals surface area contributed by atoms with Crippen LogP contribution in [0, 0.1) is 3.57 Å². The van der Waals surface area contributed by atoms with Crippen LogP contribution in [0.1, 0.15) is 29.6 Å². The maximum absolute atomic E-state index is 11.7. The molecule has 0 aliphatic rings. The van der Waals surface area contributed by atoms with Crippen LogP contribution in [0.5, 0.6) is 5.75 Å². The lowest BCUT2D eigenvalue weighted by Gasteiger charge is -2.05. The number of unbranched alkanes of at least 4 members (excludes halogenated alkanes) is 1. The molecule has 5 nitrogen and oxygen atoms in total. The molecule has 6 heteroatoms. The fourth-order valence-corrected chi connectivity index (χ4v) is 1.72. The lowest BCUT2D eigenvalue weighted by atomic mass is 10.2. The van der Waals surface area contributed by atoms with Crippen LogP contribution in [0.25, 0.3) is 0 Å². The zero-order valence-corrected chi connectivity index (χ0v) is 11.9. The topological polar surface area (TPSA) is 92.4 Å². The normalized spacial score (nSPS) is 10.1. The molecule has 1 rings (SSSR count). The van der Waals surface area contributed by atoms with E-state index < -0.39 is 0 Å². The number of nitrogens with two attached hydrogens (primary N) is 1. The van der Waals surface area contributed by atoms with Gasteiger partial charge in [-0.1, -0.05) is 0 Å². The third-order valence-corrected chi connectivity index (χ3v) is 3.26. The molecule has 0 unspecified atom stereocenters. The Kier molecular flexibility index (Phi) is 5.90. The Morgan fingerprint density at radius 2 is 2.06 bits per heavy atom. The Labute approximate surface area is 119 Å². The molecule has 0 fully saturated rings. The Balaban J connectivity index is 2.36. The van der Waals surface area contributed by atoms with E-state index in [0.717, 1.165) is 0 Å². The molecule has 0 aliphatic heterocycles. The monoisotopic (exact) mass is 362 g/mol. The van der Waals surface area contributed by atoms with Gasteiger partial charge in [-0.2, -0.15) is 0 Å². The molecule has 0 saturated heterocycles. The zero-order chi connectivity index (χ0) is 13.5. The number of hydrogen-bond acceptors (Lipinski definition) is 3. The summed E-state index contributed by atoms with van der Waals surface area (Å²) in [6.45, 7) is 0.485. The Morgan fingerprint density at radius 3 is 2.67 bits per heavy atom. The number of carbonyl (C=O) groups is 2. The second-order valence-electron chi connectivity index (χ2n) is 3.85. The van der Waals surface area contributed by atoms with Gasteiger partial charge in [0.25, 0.3) is 5.91 Å². The molecule has 0 spiro atoms. The average Bonchev–Trinajstić information content (AvgIpc) is 2.31. The maximum Gasteiger partial charge on any atom is 0.251 e. The molecule has 4 N–H and O–H groups in total. The maximum atomic E-state index is 11.7. The summed E-state index contributed by atoms with van der Waals surface area (Å²) in [6.07, 6.45) is 1.69. The van der Waals surface area contributed by atoms with Crippen LogP contribution in [-0.2, 0) is 4.79 Å². The van der Waals surface area contributed by atoms with Gasteiger partial charge in [0.1, 0.15) is 5.75 Å². The van der Waals surface area contributed by atoms with Gasteiger partial charge in [0, 0.05) is 18.5 Å². The summed E-state index contributed by atoms with van der Waals surface area (Å²) in [6, 6.07) is 4.76. The number of hydrogen-bond donors (Lipinski definition) is 3. The van der Waals surface area contributed by atoms with Crippen molar-refractivity contribution in [3.8, 4) is 5.75 Å². The van der Waals surface area contributed by atoms with Crippen molar-refractivity contribution in [2.75, 3.05) is 6.54 Å². The number of amides is 2. The number of rotatable bonds is 6. The first-order chi connectivity index (χ1) is 8.50. The van der Waals surface area contributed by atoms with Gasteiger partial charge in [-0.05, 0) is 53.6 Å². The molecule has 98 valence electrons. The van der Waals surface area contributed by atoms with Crippen LogP contribution in [0.4, 0.5) is 0 Å². The largest absolute Gasteiger partial charge is 0.507 e. The van der Waals surface area contributed by atoms with E-state index in [0.29, 0.717) is 34.9 Å². The molecule has 0 aromatic heterocycles. The summed E-state index contributed by atoms with van der Waals surface area (Å²) in [5.41, 5.74) is 5.42. The van der Waals surface area contributed by atoms with E-state index in [2.05, 4.69) is 5.32 Å². The highest BCUT2D eigenvalue weighted by Crippen LogP contribution is 2.20. The number of primary amides is 1. The van der Waals surface area contributed by atoms with E-state index in [1.807, 2.05) is 22.6 Å². The van der Waals surface area contributed by atoms with Crippen LogP contribution in [0.15, 0.2) is 18.2 Å². The molecule has 1 aromatic rings. The van der Waals surface area contributed by atoms with Crippen LogP contribution >= 0.6 is 22.6 Å². The van der Waals surface area contributed by atoms with Crippen molar-refractivity contribution < 1.29 is 14.7 Å². The van der Waals surface area contributed by atoms with Gasteiger partial charge in [0.05, 0.1) is 3.57 Å². The van der Waals surface area contributed by atoms with Gasteiger partial charge in [-0.3, -0.25) is 9.59 Å². The molecule has 1 aromatic carbocycles. The Hall–Kier alpha value is -1.31. The third-order valence-electron chi connectivity index (χ3n) is 2.34. The summed E-state index contributed by atoms with van der Waals surface area (Å²) >= 11 is 1.98. The fourth-order valence-electron chi connectivity index (χ4n) is 1.38. The minimum atomic E-state index is -0.330. The van der Waals surface area contributed by atoms with Gasteiger partial charge < -0.3 is 16.2 Å². The molecule has 2 amide bonds. The number of carbonyl (C=O) groups excluding carboxylic acids is 2. The summed E-state index contributed by atoms with van der Waals surface area (Å²) in [7, 11) is 0. The van der Waals surface area contributed by atoms with Crippen molar-refractivity contribution in [2.45, 2.75) is 19.3 Å². The minimum absolute atomic E-state index is 0.0944. The Bertz CT molecular complexity index is 449. The third kappa shape index (κ3) is 4.91. The van der Waals surface area contributed by atoms with Crippen LogP contribution in [0.2, 0.25) is 0 Å². The molecule has 0 aliphatic carbocycles. The molecular formula is C12H15IN2O3.